The smallest absolute Gasteiger partial charge is 0.0537 e. The van der Waals surface area contributed by atoms with Crippen molar-refractivity contribution in [2.75, 3.05) is 13.6 Å². The van der Waals surface area contributed by atoms with Crippen LogP contribution in [0.5, 0.6) is 0 Å². The van der Waals surface area contributed by atoms with Gasteiger partial charge in [-0.05, 0) is 33.2 Å². The highest BCUT2D eigenvalue weighted by Gasteiger charge is 2.28. The summed E-state index contributed by atoms with van der Waals surface area (Å²) in [5.41, 5.74) is 2.58. The molecule has 4 heteroatoms. The van der Waals surface area contributed by atoms with Gasteiger partial charge in [0.05, 0.1) is 6.20 Å². The molecule has 0 aromatic carbocycles. The fourth-order valence-electron chi connectivity index (χ4n) is 2.78. The van der Waals surface area contributed by atoms with E-state index < -0.39 is 0 Å². The van der Waals surface area contributed by atoms with Gasteiger partial charge in [0.1, 0.15) is 0 Å². The number of hydrogen-bond donors (Lipinski definition) is 1. The van der Waals surface area contributed by atoms with E-state index in [9.17, 15) is 0 Å². The van der Waals surface area contributed by atoms with Gasteiger partial charge >= 0.3 is 0 Å². The molecule has 1 aromatic rings. The standard InChI is InChI=1S/C14H26N4/c1-10-9-17(4)11(2)6-14(10)15-7-13-8-16-18(5)12(13)3/h8,10-11,14-15H,6-7,9H2,1-5H3. The van der Waals surface area contributed by atoms with Gasteiger partial charge < -0.3 is 10.2 Å². The van der Waals surface area contributed by atoms with Crippen LogP contribution in [0.25, 0.3) is 0 Å². The fourth-order valence-corrected chi connectivity index (χ4v) is 2.78. The van der Waals surface area contributed by atoms with Gasteiger partial charge in [0.15, 0.2) is 0 Å². The molecule has 2 rings (SSSR count). The van der Waals surface area contributed by atoms with Gasteiger partial charge in [-0.15, -0.1) is 0 Å². The first kappa shape index (κ1) is 13.6. The molecule has 1 aromatic heterocycles. The molecule has 1 aliphatic rings. The maximum absolute atomic E-state index is 4.29. The first-order valence-electron chi connectivity index (χ1n) is 6.90. The van der Waals surface area contributed by atoms with E-state index >= 15 is 0 Å². The van der Waals surface area contributed by atoms with Crippen molar-refractivity contribution in [2.45, 2.75) is 45.8 Å². The quantitative estimate of drug-likeness (QED) is 0.883. The molecule has 4 nitrogen and oxygen atoms in total. The van der Waals surface area contributed by atoms with Crippen molar-refractivity contribution in [1.82, 2.24) is 20.0 Å². The number of hydrogen-bond acceptors (Lipinski definition) is 3. The Kier molecular flexibility index (Phi) is 4.07. The second-order valence-electron chi connectivity index (χ2n) is 5.87. The zero-order valence-electron chi connectivity index (χ0n) is 12.3. The summed E-state index contributed by atoms with van der Waals surface area (Å²) in [4.78, 5) is 2.46. The minimum atomic E-state index is 0.621. The van der Waals surface area contributed by atoms with Gasteiger partial charge in [-0.3, -0.25) is 4.68 Å². The number of nitrogens with one attached hydrogen (secondary N) is 1. The third-order valence-electron chi connectivity index (χ3n) is 4.50. The Labute approximate surface area is 110 Å². The molecule has 2 heterocycles. The van der Waals surface area contributed by atoms with E-state index in [2.05, 4.69) is 43.1 Å². The number of likely N-dealkylation sites (tertiary alicyclic amines) is 1. The van der Waals surface area contributed by atoms with Gasteiger partial charge in [0.25, 0.3) is 0 Å². The van der Waals surface area contributed by atoms with Crippen molar-refractivity contribution < 1.29 is 0 Å². The predicted octanol–water partition coefficient (Wildman–Crippen LogP) is 1.55. The Balaban J connectivity index is 1.92. The SMILES string of the molecule is Cc1c(CNC2CC(C)N(C)CC2C)cnn1C. The van der Waals surface area contributed by atoms with Crippen molar-refractivity contribution in [2.24, 2.45) is 13.0 Å². The lowest BCUT2D eigenvalue weighted by atomic mass is 9.90. The minimum absolute atomic E-state index is 0.621. The van der Waals surface area contributed by atoms with Crippen LogP contribution in [0.4, 0.5) is 0 Å². The van der Waals surface area contributed by atoms with Gasteiger partial charge in [0, 0.05) is 43.5 Å². The van der Waals surface area contributed by atoms with Crippen LogP contribution < -0.4 is 5.32 Å². The molecule has 1 N–H and O–H groups in total. The molecule has 0 bridgehead atoms. The molecular formula is C14H26N4. The zero-order valence-corrected chi connectivity index (χ0v) is 12.3. The molecule has 0 spiro atoms. The van der Waals surface area contributed by atoms with Crippen LogP contribution in [0, 0.1) is 12.8 Å². The Morgan fingerprint density at radius 1 is 1.39 bits per heavy atom. The van der Waals surface area contributed by atoms with Crippen LogP contribution in [0.1, 0.15) is 31.5 Å². The molecule has 0 radical (unpaired) electrons. The van der Waals surface area contributed by atoms with Gasteiger partial charge in [-0.25, -0.2) is 0 Å². The maximum Gasteiger partial charge on any atom is 0.0537 e. The highest BCUT2D eigenvalue weighted by atomic mass is 15.3. The van der Waals surface area contributed by atoms with Crippen LogP contribution in [-0.4, -0.2) is 40.4 Å². The molecule has 1 saturated heterocycles. The van der Waals surface area contributed by atoms with E-state index in [-0.39, 0.29) is 0 Å². The topological polar surface area (TPSA) is 33.1 Å². The molecule has 0 aliphatic carbocycles. The second-order valence-corrected chi connectivity index (χ2v) is 5.87. The fraction of sp³-hybridized carbons (Fsp3) is 0.786. The molecule has 0 amide bonds. The van der Waals surface area contributed by atoms with Crippen LogP contribution in [-0.2, 0) is 13.6 Å². The van der Waals surface area contributed by atoms with Crippen molar-refractivity contribution >= 4 is 0 Å². The number of nitrogens with zero attached hydrogens (tertiary/aromatic N) is 3. The van der Waals surface area contributed by atoms with Gasteiger partial charge in [-0.1, -0.05) is 6.92 Å². The monoisotopic (exact) mass is 250 g/mol. The minimum Gasteiger partial charge on any atom is -0.309 e. The van der Waals surface area contributed by atoms with E-state index in [4.69, 9.17) is 0 Å². The lowest BCUT2D eigenvalue weighted by molar-refractivity contribution is 0.121. The summed E-state index contributed by atoms with van der Waals surface area (Å²) < 4.78 is 1.94. The number of piperidine rings is 1. The lowest BCUT2D eigenvalue weighted by Gasteiger charge is -2.40. The van der Waals surface area contributed by atoms with E-state index in [0.29, 0.717) is 18.0 Å². The van der Waals surface area contributed by atoms with Crippen LogP contribution in [0.15, 0.2) is 6.20 Å². The normalized spacial score (nSPS) is 29.7. The van der Waals surface area contributed by atoms with Gasteiger partial charge in [0.2, 0.25) is 0 Å². The first-order valence-corrected chi connectivity index (χ1v) is 6.90. The summed E-state index contributed by atoms with van der Waals surface area (Å²) in [5, 5.41) is 8.01. The highest BCUT2D eigenvalue weighted by molar-refractivity contribution is 5.15. The Hall–Kier alpha value is -0.870. The third kappa shape index (κ3) is 2.75. The van der Waals surface area contributed by atoms with Crippen molar-refractivity contribution in [3.63, 3.8) is 0 Å². The first-order chi connectivity index (χ1) is 8.49. The molecule has 3 unspecified atom stereocenters. The summed E-state index contributed by atoms with van der Waals surface area (Å²) in [7, 11) is 4.22. The number of aromatic nitrogens is 2. The van der Waals surface area contributed by atoms with E-state index in [1.807, 2.05) is 17.9 Å². The predicted molar refractivity (Wildman–Crippen MR) is 74.4 cm³/mol. The van der Waals surface area contributed by atoms with Crippen molar-refractivity contribution in [1.29, 1.82) is 0 Å². The van der Waals surface area contributed by atoms with Crippen molar-refractivity contribution in [3.8, 4) is 0 Å². The summed E-state index contributed by atoms with van der Waals surface area (Å²) in [6.07, 6.45) is 3.21. The Morgan fingerprint density at radius 3 is 2.72 bits per heavy atom. The average molecular weight is 250 g/mol. The molecule has 1 fully saturated rings. The van der Waals surface area contributed by atoms with Crippen LogP contribution in [0.3, 0.4) is 0 Å². The Morgan fingerprint density at radius 2 is 2.11 bits per heavy atom. The van der Waals surface area contributed by atoms with Crippen LogP contribution in [0.2, 0.25) is 0 Å². The zero-order chi connectivity index (χ0) is 13.3. The Bertz CT molecular complexity index is 398. The summed E-state index contributed by atoms with van der Waals surface area (Å²) in [6, 6.07) is 1.30. The number of aryl methyl sites for hydroxylation is 1. The van der Waals surface area contributed by atoms with Crippen LogP contribution >= 0.6 is 0 Å². The molecule has 0 saturated carbocycles. The van der Waals surface area contributed by atoms with E-state index in [1.54, 1.807) is 0 Å². The van der Waals surface area contributed by atoms with Crippen molar-refractivity contribution in [3.05, 3.63) is 17.5 Å². The largest absolute Gasteiger partial charge is 0.309 e. The second kappa shape index (κ2) is 5.41. The maximum atomic E-state index is 4.29. The highest BCUT2D eigenvalue weighted by Crippen LogP contribution is 2.21. The van der Waals surface area contributed by atoms with E-state index in [0.717, 1.165) is 6.54 Å². The van der Waals surface area contributed by atoms with Gasteiger partial charge in [-0.2, -0.15) is 5.10 Å². The summed E-state index contributed by atoms with van der Waals surface area (Å²) >= 11 is 0. The third-order valence-corrected chi connectivity index (χ3v) is 4.50. The summed E-state index contributed by atoms with van der Waals surface area (Å²) in [6.45, 7) is 8.91. The molecule has 3 atom stereocenters. The molecular weight excluding hydrogens is 224 g/mol. The van der Waals surface area contributed by atoms with E-state index in [1.165, 1.54) is 24.2 Å². The lowest BCUT2D eigenvalue weighted by Crippen LogP contribution is -2.50. The molecule has 1 aliphatic heterocycles. The molecule has 18 heavy (non-hydrogen) atoms. The summed E-state index contributed by atoms with van der Waals surface area (Å²) in [5.74, 6) is 0.711. The molecule has 102 valence electrons. The number of rotatable bonds is 3. The average Bonchev–Trinajstić information content (AvgIpc) is 2.63.